The van der Waals surface area contributed by atoms with Crippen molar-refractivity contribution >= 4 is 23.8 Å². The molecule has 0 amide bonds. The van der Waals surface area contributed by atoms with Crippen molar-refractivity contribution in [2.24, 2.45) is 0 Å². The Morgan fingerprint density at radius 1 is 0.946 bits per heavy atom. The van der Waals surface area contributed by atoms with E-state index in [0.717, 1.165) is 5.56 Å². The van der Waals surface area contributed by atoms with Gasteiger partial charge in [-0.05, 0) is 61.9 Å². The molecular formula is C29H30O8. The van der Waals surface area contributed by atoms with E-state index >= 15 is 0 Å². The Morgan fingerprint density at radius 2 is 1.73 bits per heavy atom. The van der Waals surface area contributed by atoms with Crippen molar-refractivity contribution in [3.05, 3.63) is 52.6 Å². The second kappa shape index (κ2) is 10.7. The van der Waals surface area contributed by atoms with Crippen LogP contribution in [0.5, 0.6) is 23.0 Å². The third-order valence-electron chi connectivity index (χ3n) is 6.95. The molecule has 2 aromatic carbocycles. The maximum Gasteiger partial charge on any atom is 0.342 e. The summed E-state index contributed by atoms with van der Waals surface area (Å²) in [5.41, 5.74) is 1.53. The number of ether oxygens (including phenoxy) is 4. The Labute approximate surface area is 215 Å². The lowest BCUT2D eigenvalue weighted by Gasteiger charge is -2.28. The van der Waals surface area contributed by atoms with E-state index in [1.807, 2.05) is 12.1 Å². The van der Waals surface area contributed by atoms with Crippen LogP contribution < -0.4 is 14.2 Å². The lowest BCUT2D eigenvalue weighted by atomic mass is 9.83. The maximum absolute atomic E-state index is 13.3. The Hall–Kier alpha value is -3.81. The first kappa shape index (κ1) is 24.9. The van der Waals surface area contributed by atoms with E-state index in [9.17, 15) is 19.5 Å². The van der Waals surface area contributed by atoms with Crippen molar-refractivity contribution in [2.45, 2.75) is 63.9 Å². The maximum atomic E-state index is 13.3. The summed E-state index contributed by atoms with van der Waals surface area (Å²) in [6.07, 6.45) is 6.59. The summed E-state index contributed by atoms with van der Waals surface area (Å²) in [5, 5.41) is 11.5. The second-order valence-corrected chi connectivity index (χ2v) is 9.68. The van der Waals surface area contributed by atoms with Crippen LogP contribution in [0, 0.1) is 0 Å². The number of fused-ring (bicyclic) bond motifs is 3. The topological polar surface area (TPSA) is 108 Å². The normalized spacial score (nSPS) is 22.2. The van der Waals surface area contributed by atoms with Gasteiger partial charge in [-0.25, -0.2) is 4.79 Å². The monoisotopic (exact) mass is 506 g/mol. The first-order valence-electron chi connectivity index (χ1n) is 12.8. The fourth-order valence-corrected chi connectivity index (χ4v) is 5.08. The van der Waals surface area contributed by atoms with Crippen LogP contribution >= 0.6 is 0 Å². The fraction of sp³-hybridized carbons (Fsp3) is 0.414. The van der Waals surface area contributed by atoms with Gasteiger partial charge >= 0.3 is 11.9 Å². The molecule has 3 aliphatic rings. The first-order chi connectivity index (χ1) is 17.9. The van der Waals surface area contributed by atoms with Gasteiger partial charge < -0.3 is 24.1 Å². The molecule has 8 nitrogen and oxygen atoms in total. The molecule has 0 spiro atoms. The van der Waals surface area contributed by atoms with Gasteiger partial charge in [0, 0.05) is 24.3 Å². The van der Waals surface area contributed by atoms with Gasteiger partial charge in [-0.15, -0.1) is 0 Å². The molecule has 37 heavy (non-hydrogen) atoms. The molecule has 3 aliphatic heterocycles. The zero-order valence-corrected chi connectivity index (χ0v) is 20.8. The van der Waals surface area contributed by atoms with E-state index in [1.54, 1.807) is 31.2 Å². The smallest absolute Gasteiger partial charge is 0.342 e. The zero-order valence-electron chi connectivity index (χ0n) is 20.8. The van der Waals surface area contributed by atoms with E-state index < -0.39 is 24.0 Å². The quantitative estimate of drug-likeness (QED) is 0.421. The summed E-state index contributed by atoms with van der Waals surface area (Å²) in [6.45, 7) is 2.66. The highest BCUT2D eigenvalue weighted by atomic mass is 16.6. The van der Waals surface area contributed by atoms with Crippen molar-refractivity contribution < 1.29 is 38.4 Å². The van der Waals surface area contributed by atoms with Crippen LogP contribution in [-0.2, 0) is 14.3 Å². The molecule has 8 heteroatoms. The molecule has 0 aromatic heterocycles. The Bertz CT molecular complexity index is 1260. The molecule has 1 N–H and O–H groups in total. The lowest BCUT2D eigenvalue weighted by molar-refractivity contribution is -0.135. The Morgan fingerprint density at radius 3 is 2.57 bits per heavy atom. The minimum absolute atomic E-state index is 0.00565. The number of Topliss-reactive ketones (excluding diaryl/α,β-unsaturated/α-hetero) is 1. The van der Waals surface area contributed by atoms with Crippen molar-refractivity contribution in [3.8, 4) is 23.0 Å². The minimum Gasteiger partial charge on any atom is -0.507 e. The van der Waals surface area contributed by atoms with E-state index in [-0.39, 0.29) is 29.3 Å². The van der Waals surface area contributed by atoms with Crippen LogP contribution in [0.3, 0.4) is 0 Å². The number of phenolic OH excluding ortho intramolecular Hbond substituents is 1. The number of hydrogen-bond acceptors (Lipinski definition) is 8. The number of allylic oxidation sites excluding steroid dienone is 1. The van der Waals surface area contributed by atoms with Gasteiger partial charge in [0.1, 0.15) is 36.1 Å². The van der Waals surface area contributed by atoms with Gasteiger partial charge in [0.15, 0.2) is 11.5 Å². The van der Waals surface area contributed by atoms with E-state index in [2.05, 4.69) is 0 Å². The molecule has 0 saturated heterocycles. The van der Waals surface area contributed by atoms with E-state index in [1.165, 1.54) is 0 Å². The number of rotatable bonds is 1. The first-order valence-corrected chi connectivity index (χ1v) is 12.8. The molecule has 2 atom stereocenters. The van der Waals surface area contributed by atoms with Gasteiger partial charge in [-0.3, -0.25) is 9.59 Å². The Kier molecular flexibility index (Phi) is 7.17. The predicted molar refractivity (Wildman–Crippen MR) is 134 cm³/mol. The molecule has 0 fully saturated rings. The predicted octanol–water partition coefficient (Wildman–Crippen LogP) is 5.09. The number of cyclic esters (lactones) is 1. The molecule has 194 valence electrons. The number of ketones is 1. The summed E-state index contributed by atoms with van der Waals surface area (Å²) in [7, 11) is 0. The van der Waals surface area contributed by atoms with Crippen LogP contribution in [-0.4, -0.2) is 42.1 Å². The number of aromatic hydroxyl groups is 1. The highest BCUT2D eigenvalue weighted by Gasteiger charge is 2.36. The SMILES string of the molecule is C[C@@H]1CCCC(=O)CCCC=Cc2cc3c(c(O)c2C(=O)O1)[C@@H](c1ccc2c(c1)OCCO2)CC(=O)O3. The largest absolute Gasteiger partial charge is 0.507 e. The summed E-state index contributed by atoms with van der Waals surface area (Å²) in [4.78, 5) is 38.0. The minimum atomic E-state index is -0.659. The highest BCUT2D eigenvalue weighted by Crippen LogP contribution is 2.48. The molecule has 5 rings (SSSR count). The van der Waals surface area contributed by atoms with Crippen molar-refractivity contribution in [2.75, 3.05) is 13.2 Å². The van der Waals surface area contributed by atoms with Gasteiger partial charge in [0.2, 0.25) is 0 Å². The van der Waals surface area contributed by atoms with Gasteiger partial charge in [0.05, 0.1) is 12.5 Å². The summed E-state index contributed by atoms with van der Waals surface area (Å²) in [5.74, 6) is -0.319. The van der Waals surface area contributed by atoms with Crippen LogP contribution in [0.2, 0.25) is 0 Å². The fourth-order valence-electron chi connectivity index (χ4n) is 5.08. The van der Waals surface area contributed by atoms with Gasteiger partial charge in [-0.1, -0.05) is 18.2 Å². The lowest BCUT2D eigenvalue weighted by Crippen LogP contribution is -2.23. The molecule has 0 bridgehead atoms. The molecule has 0 aliphatic carbocycles. The highest BCUT2D eigenvalue weighted by molar-refractivity contribution is 5.98. The number of benzene rings is 2. The number of phenols is 1. The van der Waals surface area contributed by atoms with Crippen LogP contribution in [0.1, 0.15) is 84.8 Å². The third-order valence-corrected chi connectivity index (χ3v) is 6.95. The van der Waals surface area contributed by atoms with E-state index in [0.29, 0.717) is 74.4 Å². The van der Waals surface area contributed by atoms with Gasteiger partial charge in [0.25, 0.3) is 0 Å². The number of esters is 2. The summed E-state index contributed by atoms with van der Waals surface area (Å²) >= 11 is 0. The molecule has 0 unspecified atom stereocenters. The van der Waals surface area contributed by atoms with Crippen molar-refractivity contribution in [1.82, 2.24) is 0 Å². The Balaban J connectivity index is 1.58. The average Bonchev–Trinajstić information content (AvgIpc) is 2.87. The molecule has 2 aromatic rings. The van der Waals surface area contributed by atoms with Crippen molar-refractivity contribution in [1.29, 1.82) is 0 Å². The number of carbonyl (C=O) groups excluding carboxylic acids is 3. The van der Waals surface area contributed by atoms with Gasteiger partial charge in [-0.2, -0.15) is 0 Å². The molecule has 3 heterocycles. The van der Waals surface area contributed by atoms with Crippen LogP contribution in [0.4, 0.5) is 0 Å². The van der Waals surface area contributed by atoms with E-state index in [4.69, 9.17) is 18.9 Å². The molecular weight excluding hydrogens is 476 g/mol. The second-order valence-electron chi connectivity index (χ2n) is 9.68. The van der Waals surface area contributed by atoms with Crippen molar-refractivity contribution in [3.63, 3.8) is 0 Å². The number of hydrogen-bond donors (Lipinski definition) is 1. The number of carbonyl (C=O) groups is 3. The zero-order chi connectivity index (χ0) is 25.9. The molecule has 0 saturated carbocycles. The molecule has 0 radical (unpaired) electrons. The van der Waals surface area contributed by atoms with Crippen LogP contribution in [0.25, 0.3) is 6.08 Å². The standard InChI is InChI=1S/C29H30O8/c1-17-6-5-9-20(30)8-4-2-3-7-19-15-24-27(28(32)26(19)29(33)36-17)21(16-25(31)37-24)18-10-11-22-23(14-18)35-13-12-34-22/h3,7,10-11,14-15,17,21,32H,2,4-6,8-9,12-13,16H2,1H3/t17-,21-/m1/s1. The average molecular weight is 507 g/mol. The summed E-state index contributed by atoms with van der Waals surface area (Å²) in [6, 6.07) is 7.01. The van der Waals surface area contributed by atoms with Crippen LogP contribution in [0.15, 0.2) is 30.3 Å². The summed E-state index contributed by atoms with van der Waals surface area (Å²) < 4.78 is 22.5. The third kappa shape index (κ3) is 5.33.